The summed E-state index contributed by atoms with van der Waals surface area (Å²) < 4.78 is 5.50. The van der Waals surface area contributed by atoms with Crippen LogP contribution in [0.5, 0.6) is 0 Å². The van der Waals surface area contributed by atoms with Gasteiger partial charge < -0.3 is 20.3 Å². The molecule has 0 bridgehead atoms. The quantitative estimate of drug-likeness (QED) is 0.821. The predicted octanol–water partition coefficient (Wildman–Crippen LogP) is 0.779. The fourth-order valence-corrected chi connectivity index (χ4v) is 2.65. The molecule has 5 heteroatoms. The molecule has 1 unspecified atom stereocenters. The van der Waals surface area contributed by atoms with Gasteiger partial charge in [-0.25, -0.2) is 0 Å². The molecule has 0 saturated carbocycles. The highest BCUT2D eigenvalue weighted by Gasteiger charge is 2.21. The predicted molar refractivity (Wildman–Crippen MR) is 74.5 cm³/mol. The highest BCUT2D eigenvalue weighted by Crippen LogP contribution is 2.30. The molecule has 1 atom stereocenters. The van der Waals surface area contributed by atoms with Crippen molar-refractivity contribution in [1.82, 2.24) is 5.32 Å². The van der Waals surface area contributed by atoms with Crippen LogP contribution in [0.2, 0.25) is 0 Å². The molecule has 100 valence electrons. The SMILES string of the molecule is N#Cc1ccc2c(c1)N(CC1COCCN1)CCN2. The van der Waals surface area contributed by atoms with Crippen LogP contribution < -0.4 is 15.5 Å². The van der Waals surface area contributed by atoms with Crippen LogP contribution >= 0.6 is 0 Å². The zero-order valence-corrected chi connectivity index (χ0v) is 10.9. The van der Waals surface area contributed by atoms with Gasteiger partial charge in [-0.2, -0.15) is 5.26 Å². The van der Waals surface area contributed by atoms with Crippen molar-refractivity contribution in [3.63, 3.8) is 0 Å². The Balaban J connectivity index is 1.78. The molecular formula is C14H18N4O. The first kappa shape index (κ1) is 12.3. The third-order valence-corrected chi connectivity index (χ3v) is 3.60. The van der Waals surface area contributed by atoms with Crippen LogP contribution in [0.25, 0.3) is 0 Å². The van der Waals surface area contributed by atoms with E-state index in [1.807, 2.05) is 18.2 Å². The molecule has 1 saturated heterocycles. The molecule has 5 nitrogen and oxygen atoms in total. The van der Waals surface area contributed by atoms with Gasteiger partial charge in [-0.3, -0.25) is 0 Å². The molecule has 0 aliphatic carbocycles. The number of rotatable bonds is 2. The van der Waals surface area contributed by atoms with Crippen molar-refractivity contribution in [2.75, 3.05) is 49.6 Å². The zero-order valence-electron chi connectivity index (χ0n) is 10.9. The van der Waals surface area contributed by atoms with E-state index in [-0.39, 0.29) is 0 Å². The summed E-state index contributed by atoms with van der Waals surface area (Å²) in [6.45, 7) is 5.29. The third kappa shape index (κ3) is 2.65. The lowest BCUT2D eigenvalue weighted by Crippen LogP contribution is -2.50. The van der Waals surface area contributed by atoms with E-state index in [1.54, 1.807) is 0 Å². The number of morpholine rings is 1. The van der Waals surface area contributed by atoms with Gasteiger partial charge in [0.15, 0.2) is 0 Å². The number of hydrogen-bond acceptors (Lipinski definition) is 5. The van der Waals surface area contributed by atoms with Crippen LogP contribution in [0.15, 0.2) is 18.2 Å². The second-order valence-electron chi connectivity index (χ2n) is 4.94. The summed E-state index contributed by atoms with van der Waals surface area (Å²) in [7, 11) is 0. The molecule has 2 heterocycles. The Morgan fingerprint density at radius 1 is 1.42 bits per heavy atom. The molecule has 0 aromatic heterocycles. The van der Waals surface area contributed by atoms with E-state index in [0.29, 0.717) is 11.6 Å². The van der Waals surface area contributed by atoms with Gasteiger partial charge in [0, 0.05) is 32.2 Å². The number of nitrogens with one attached hydrogen (secondary N) is 2. The molecule has 0 amide bonds. The lowest BCUT2D eigenvalue weighted by molar-refractivity contribution is 0.0788. The van der Waals surface area contributed by atoms with Crippen LogP contribution in [0.3, 0.4) is 0 Å². The fourth-order valence-electron chi connectivity index (χ4n) is 2.65. The van der Waals surface area contributed by atoms with Gasteiger partial charge in [0.1, 0.15) is 0 Å². The monoisotopic (exact) mass is 258 g/mol. The minimum Gasteiger partial charge on any atom is -0.382 e. The maximum absolute atomic E-state index is 9.03. The molecule has 1 aromatic rings. The summed E-state index contributed by atoms with van der Waals surface area (Å²) >= 11 is 0. The molecule has 2 aliphatic heterocycles. The summed E-state index contributed by atoms with van der Waals surface area (Å²) in [5.74, 6) is 0. The highest BCUT2D eigenvalue weighted by atomic mass is 16.5. The van der Waals surface area contributed by atoms with E-state index in [0.717, 1.165) is 50.8 Å². The molecule has 1 fully saturated rings. The lowest BCUT2D eigenvalue weighted by Gasteiger charge is -2.36. The second-order valence-corrected chi connectivity index (χ2v) is 4.94. The fraction of sp³-hybridized carbons (Fsp3) is 0.500. The number of hydrogen-bond donors (Lipinski definition) is 2. The highest BCUT2D eigenvalue weighted by molar-refractivity contribution is 5.74. The van der Waals surface area contributed by atoms with E-state index in [2.05, 4.69) is 21.6 Å². The Morgan fingerprint density at radius 2 is 2.37 bits per heavy atom. The zero-order chi connectivity index (χ0) is 13.1. The Labute approximate surface area is 113 Å². The van der Waals surface area contributed by atoms with Gasteiger partial charge in [-0.1, -0.05) is 0 Å². The van der Waals surface area contributed by atoms with Crippen LogP contribution in [-0.4, -0.2) is 45.4 Å². The average Bonchev–Trinajstić information content (AvgIpc) is 2.48. The van der Waals surface area contributed by atoms with Gasteiger partial charge in [0.25, 0.3) is 0 Å². The van der Waals surface area contributed by atoms with E-state index in [1.165, 1.54) is 0 Å². The van der Waals surface area contributed by atoms with Crippen LogP contribution in [0, 0.1) is 11.3 Å². The number of nitriles is 1. The number of benzene rings is 1. The van der Waals surface area contributed by atoms with Gasteiger partial charge >= 0.3 is 0 Å². The summed E-state index contributed by atoms with van der Waals surface area (Å²) in [5.41, 5.74) is 2.94. The van der Waals surface area contributed by atoms with E-state index >= 15 is 0 Å². The maximum Gasteiger partial charge on any atom is 0.0992 e. The van der Waals surface area contributed by atoms with Gasteiger partial charge in [0.2, 0.25) is 0 Å². The second kappa shape index (κ2) is 5.47. The van der Waals surface area contributed by atoms with Crippen molar-refractivity contribution in [2.24, 2.45) is 0 Å². The van der Waals surface area contributed by atoms with Crippen molar-refractivity contribution >= 4 is 11.4 Å². The van der Waals surface area contributed by atoms with E-state index in [9.17, 15) is 0 Å². The normalized spacial score (nSPS) is 22.3. The number of nitrogens with zero attached hydrogens (tertiary/aromatic N) is 2. The molecule has 0 radical (unpaired) electrons. The topological polar surface area (TPSA) is 60.3 Å². The van der Waals surface area contributed by atoms with E-state index in [4.69, 9.17) is 10.00 Å². The summed E-state index contributed by atoms with van der Waals surface area (Å²) in [6.07, 6.45) is 0. The van der Waals surface area contributed by atoms with E-state index < -0.39 is 0 Å². The Hall–Kier alpha value is -1.77. The first-order valence-electron chi connectivity index (χ1n) is 6.71. The van der Waals surface area contributed by atoms with Crippen LogP contribution in [0.1, 0.15) is 5.56 Å². The van der Waals surface area contributed by atoms with Crippen LogP contribution in [-0.2, 0) is 4.74 Å². The molecule has 2 N–H and O–H groups in total. The molecule has 19 heavy (non-hydrogen) atoms. The standard InChI is InChI=1S/C14H18N4O/c15-8-11-1-2-13-14(7-11)18(5-3-17-13)9-12-10-19-6-4-16-12/h1-2,7,12,16-17H,3-6,9-10H2. The first-order chi connectivity index (χ1) is 9.36. The lowest BCUT2D eigenvalue weighted by atomic mass is 10.1. The Morgan fingerprint density at radius 3 is 3.16 bits per heavy atom. The van der Waals surface area contributed by atoms with Gasteiger partial charge in [-0.15, -0.1) is 0 Å². The van der Waals surface area contributed by atoms with Crippen molar-refractivity contribution < 1.29 is 4.74 Å². The number of fused-ring (bicyclic) bond motifs is 1. The van der Waals surface area contributed by atoms with Crippen molar-refractivity contribution in [1.29, 1.82) is 5.26 Å². The first-order valence-corrected chi connectivity index (χ1v) is 6.71. The number of anilines is 2. The van der Waals surface area contributed by atoms with Crippen molar-refractivity contribution in [3.8, 4) is 6.07 Å². The average molecular weight is 258 g/mol. The minimum absolute atomic E-state index is 0.366. The van der Waals surface area contributed by atoms with Crippen molar-refractivity contribution in [2.45, 2.75) is 6.04 Å². The molecule has 0 spiro atoms. The summed E-state index contributed by atoms with van der Waals surface area (Å²) in [4.78, 5) is 2.33. The van der Waals surface area contributed by atoms with Gasteiger partial charge in [-0.05, 0) is 18.2 Å². The largest absolute Gasteiger partial charge is 0.382 e. The minimum atomic E-state index is 0.366. The Kier molecular flexibility index (Phi) is 3.53. The summed E-state index contributed by atoms with van der Waals surface area (Å²) in [5, 5.41) is 15.9. The maximum atomic E-state index is 9.03. The van der Waals surface area contributed by atoms with Crippen LogP contribution in [0.4, 0.5) is 11.4 Å². The Bertz CT molecular complexity index is 491. The molecule has 1 aromatic carbocycles. The third-order valence-electron chi connectivity index (χ3n) is 3.60. The number of ether oxygens (including phenoxy) is 1. The van der Waals surface area contributed by atoms with Crippen molar-refractivity contribution in [3.05, 3.63) is 23.8 Å². The van der Waals surface area contributed by atoms with Gasteiger partial charge in [0.05, 0.1) is 36.2 Å². The molecule has 2 aliphatic rings. The summed E-state index contributed by atoms with van der Waals surface area (Å²) in [6, 6.07) is 8.39. The molecular weight excluding hydrogens is 240 g/mol. The smallest absolute Gasteiger partial charge is 0.0992 e. The molecule has 3 rings (SSSR count).